The lowest BCUT2D eigenvalue weighted by atomic mass is 10.1. The molecule has 1 atom stereocenters. The molecule has 17 heavy (non-hydrogen) atoms. The van der Waals surface area contributed by atoms with Gasteiger partial charge in [0, 0.05) is 0 Å². The first-order valence-electron chi connectivity index (χ1n) is 5.52. The van der Waals surface area contributed by atoms with E-state index in [-0.39, 0.29) is 4.83 Å². The van der Waals surface area contributed by atoms with Gasteiger partial charge in [-0.2, -0.15) is 0 Å². The van der Waals surface area contributed by atoms with Gasteiger partial charge in [-0.05, 0) is 43.2 Å². The highest BCUT2D eigenvalue weighted by Gasteiger charge is 2.12. The fourth-order valence-corrected chi connectivity index (χ4v) is 2.35. The second-order valence-corrected chi connectivity index (χ2v) is 5.08. The highest BCUT2D eigenvalue weighted by atomic mass is 79.9. The van der Waals surface area contributed by atoms with Crippen LogP contribution in [0.25, 0.3) is 0 Å². The average molecular weight is 295 g/mol. The van der Waals surface area contributed by atoms with Crippen molar-refractivity contribution in [2.24, 2.45) is 0 Å². The van der Waals surface area contributed by atoms with E-state index < -0.39 is 0 Å². The van der Waals surface area contributed by atoms with E-state index in [1.165, 1.54) is 5.56 Å². The Morgan fingerprint density at radius 2 is 2.12 bits per heavy atom. The van der Waals surface area contributed by atoms with E-state index in [2.05, 4.69) is 22.0 Å². The lowest BCUT2D eigenvalue weighted by molar-refractivity contribution is 0.414. The number of alkyl halides is 1. The fraction of sp³-hybridized carbons (Fsp3) is 0.286. The van der Waals surface area contributed by atoms with Gasteiger partial charge in [0.15, 0.2) is 0 Å². The van der Waals surface area contributed by atoms with Crippen molar-refractivity contribution in [3.05, 3.63) is 53.5 Å². The first-order chi connectivity index (χ1) is 8.19. The molecule has 0 fully saturated rings. The molecule has 0 aliphatic rings. The molecule has 0 N–H and O–H groups in total. The molecule has 0 bridgehead atoms. The summed E-state index contributed by atoms with van der Waals surface area (Å²) < 4.78 is 10.8. The molecule has 0 radical (unpaired) electrons. The maximum absolute atomic E-state index is 5.60. The van der Waals surface area contributed by atoms with Crippen molar-refractivity contribution in [3.63, 3.8) is 0 Å². The number of aryl methyl sites for hydroxylation is 1. The predicted molar refractivity (Wildman–Crippen MR) is 71.8 cm³/mol. The third kappa shape index (κ3) is 3.13. The highest BCUT2D eigenvalue weighted by Crippen LogP contribution is 2.29. The summed E-state index contributed by atoms with van der Waals surface area (Å²) in [6, 6.07) is 12.1. The minimum Gasteiger partial charge on any atom is -0.497 e. The lowest BCUT2D eigenvalue weighted by Gasteiger charge is -2.08. The number of hydrogen-bond donors (Lipinski definition) is 0. The van der Waals surface area contributed by atoms with Gasteiger partial charge in [-0.3, -0.25) is 0 Å². The Hall–Kier alpha value is -1.22. The van der Waals surface area contributed by atoms with Crippen molar-refractivity contribution in [1.29, 1.82) is 0 Å². The number of benzene rings is 1. The van der Waals surface area contributed by atoms with E-state index in [1.807, 2.05) is 37.3 Å². The first-order valence-corrected chi connectivity index (χ1v) is 6.44. The number of halogens is 1. The second kappa shape index (κ2) is 5.41. The molecular weight excluding hydrogens is 280 g/mol. The Bertz CT molecular complexity index is 490. The summed E-state index contributed by atoms with van der Waals surface area (Å²) in [5.41, 5.74) is 1.22. The molecule has 3 heteroatoms. The van der Waals surface area contributed by atoms with E-state index in [0.29, 0.717) is 0 Å². The van der Waals surface area contributed by atoms with E-state index in [1.54, 1.807) is 7.11 Å². The molecule has 0 aliphatic heterocycles. The summed E-state index contributed by atoms with van der Waals surface area (Å²) in [6.45, 7) is 1.95. The molecule has 0 amide bonds. The van der Waals surface area contributed by atoms with E-state index in [9.17, 15) is 0 Å². The number of rotatable bonds is 4. The van der Waals surface area contributed by atoms with Crippen LogP contribution in [0, 0.1) is 6.92 Å². The molecule has 2 rings (SSSR count). The summed E-state index contributed by atoms with van der Waals surface area (Å²) in [4.78, 5) is 0.198. The van der Waals surface area contributed by atoms with Gasteiger partial charge in [0.2, 0.25) is 0 Å². The zero-order valence-corrected chi connectivity index (χ0v) is 11.5. The Kier molecular flexibility index (Phi) is 3.89. The topological polar surface area (TPSA) is 22.4 Å². The van der Waals surface area contributed by atoms with E-state index in [4.69, 9.17) is 9.15 Å². The van der Waals surface area contributed by atoms with Crippen LogP contribution in [0.3, 0.4) is 0 Å². The number of methoxy groups -OCH3 is 1. The van der Waals surface area contributed by atoms with Gasteiger partial charge in [-0.1, -0.05) is 28.1 Å². The largest absolute Gasteiger partial charge is 0.497 e. The van der Waals surface area contributed by atoms with Crippen LogP contribution < -0.4 is 4.74 Å². The Morgan fingerprint density at radius 1 is 1.29 bits per heavy atom. The van der Waals surface area contributed by atoms with Gasteiger partial charge in [-0.25, -0.2) is 0 Å². The van der Waals surface area contributed by atoms with Crippen LogP contribution in [0.4, 0.5) is 0 Å². The Labute approximate surface area is 110 Å². The van der Waals surface area contributed by atoms with Crippen molar-refractivity contribution < 1.29 is 9.15 Å². The van der Waals surface area contributed by atoms with Crippen LogP contribution >= 0.6 is 15.9 Å². The van der Waals surface area contributed by atoms with Crippen molar-refractivity contribution in [2.75, 3.05) is 7.11 Å². The molecule has 0 saturated carbocycles. The molecule has 1 unspecified atom stereocenters. The van der Waals surface area contributed by atoms with Crippen LogP contribution in [0.2, 0.25) is 0 Å². The van der Waals surface area contributed by atoms with Crippen molar-refractivity contribution in [1.82, 2.24) is 0 Å². The second-order valence-electron chi connectivity index (χ2n) is 3.97. The molecule has 2 nitrogen and oxygen atoms in total. The summed E-state index contributed by atoms with van der Waals surface area (Å²) in [5.74, 6) is 2.79. The first kappa shape index (κ1) is 12.2. The lowest BCUT2D eigenvalue weighted by Crippen LogP contribution is -1.94. The third-order valence-electron chi connectivity index (χ3n) is 2.62. The number of furan rings is 1. The van der Waals surface area contributed by atoms with Gasteiger partial charge in [0.25, 0.3) is 0 Å². The summed E-state index contributed by atoms with van der Waals surface area (Å²) in [5, 5.41) is 0. The third-order valence-corrected chi connectivity index (χ3v) is 3.39. The van der Waals surface area contributed by atoms with E-state index in [0.717, 1.165) is 23.7 Å². The molecule has 0 aliphatic carbocycles. The van der Waals surface area contributed by atoms with Crippen LogP contribution in [0.15, 0.2) is 40.8 Å². The Balaban J connectivity index is 2.09. The van der Waals surface area contributed by atoms with E-state index >= 15 is 0 Å². The molecular formula is C14H15BrO2. The zero-order valence-electron chi connectivity index (χ0n) is 9.94. The Morgan fingerprint density at radius 3 is 2.76 bits per heavy atom. The van der Waals surface area contributed by atoms with Crippen LogP contribution in [-0.4, -0.2) is 7.11 Å². The summed E-state index contributed by atoms with van der Waals surface area (Å²) in [6.07, 6.45) is 0.879. The van der Waals surface area contributed by atoms with Crippen molar-refractivity contribution in [3.8, 4) is 5.75 Å². The molecule has 0 spiro atoms. The smallest absolute Gasteiger partial charge is 0.119 e. The van der Waals surface area contributed by atoms with Crippen LogP contribution in [0.1, 0.15) is 21.9 Å². The van der Waals surface area contributed by atoms with Gasteiger partial charge in [0.05, 0.1) is 11.9 Å². The number of ether oxygens (including phenoxy) is 1. The SMILES string of the molecule is COc1cccc(CC(Br)c2ccc(C)o2)c1. The standard InChI is InChI=1S/C14H15BrO2/c1-10-6-7-14(17-10)13(15)9-11-4-3-5-12(8-11)16-2/h3-8,13H,9H2,1-2H3. The predicted octanol–water partition coefficient (Wildman–Crippen LogP) is 4.28. The number of hydrogen-bond acceptors (Lipinski definition) is 2. The molecule has 0 saturated heterocycles. The van der Waals surface area contributed by atoms with Crippen LogP contribution in [-0.2, 0) is 6.42 Å². The maximum Gasteiger partial charge on any atom is 0.119 e. The monoisotopic (exact) mass is 294 g/mol. The molecule has 1 aromatic carbocycles. The molecule has 1 aromatic heterocycles. The van der Waals surface area contributed by atoms with Gasteiger partial charge < -0.3 is 9.15 Å². The van der Waals surface area contributed by atoms with Gasteiger partial charge in [-0.15, -0.1) is 0 Å². The normalized spacial score (nSPS) is 12.4. The van der Waals surface area contributed by atoms with Crippen LogP contribution in [0.5, 0.6) is 5.75 Å². The zero-order chi connectivity index (χ0) is 12.3. The minimum atomic E-state index is 0.198. The summed E-state index contributed by atoms with van der Waals surface area (Å²) >= 11 is 3.65. The van der Waals surface area contributed by atoms with Crippen molar-refractivity contribution in [2.45, 2.75) is 18.2 Å². The highest BCUT2D eigenvalue weighted by molar-refractivity contribution is 9.09. The quantitative estimate of drug-likeness (QED) is 0.786. The van der Waals surface area contributed by atoms with Gasteiger partial charge >= 0.3 is 0 Å². The van der Waals surface area contributed by atoms with Gasteiger partial charge in [0.1, 0.15) is 17.3 Å². The maximum atomic E-state index is 5.60. The average Bonchev–Trinajstić information content (AvgIpc) is 2.76. The molecule has 2 aromatic rings. The molecule has 90 valence electrons. The molecule has 1 heterocycles. The summed E-state index contributed by atoms with van der Waals surface area (Å²) in [7, 11) is 1.68. The minimum absolute atomic E-state index is 0.198. The fourth-order valence-electron chi connectivity index (χ4n) is 1.73. The van der Waals surface area contributed by atoms with Crippen molar-refractivity contribution >= 4 is 15.9 Å².